The molecule has 20 heavy (non-hydrogen) atoms. The van der Waals surface area contributed by atoms with Crippen molar-refractivity contribution in [3.8, 4) is 0 Å². The number of nitrogens with one attached hydrogen (secondary N) is 2. The van der Waals surface area contributed by atoms with Gasteiger partial charge < -0.3 is 5.32 Å². The molecule has 0 unspecified atom stereocenters. The molecular weight excluding hydrogens is 292 g/mol. The minimum atomic E-state index is -3.41. The molecule has 0 heterocycles. The van der Waals surface area contributed by atoms with Crippen molar-refractivity contribution in [2.45, 2.75) is 35.3 Å². The Morgan fingerprint density at radius 1 is 1.20 bits per heavy atom. The van der Waals surface area contributed by atoms with E-state index in [1.165, 1.54) is 12.8 Å². The first-order valence-electron chi connectivity index (χ1n) is 6.84. The summed E-state index contributed by atoms with van der Waals surface area (Å²) >= 11 is 1.78. The Morgan fingerprint density at radius 3 is 2.30 bits per heavy atom. The molecule has 2 rings (SSSR count). The van der Waals surface area contributed by atoms with Crippen LogP contribution in [-0.2, 0) is 10.0 Å². The molecular formula is C14H22N2O2S2. The second-order valence-electron chi connectivity index (χ2n) is 5.19. The van der Waals surface area contributed by atoms with E-state index in [0.29, 0.717) is 11.4 Å². The van der Waals surface area contributed by atoms with E-state index < -0.39 is 10.0 Å². The van der Waals surface area contributed by atoms with Gasteiger partial charge in [0.25, 0.3) is 0 Å². The molecule has 0 atom stereocenters. The molecule has 1 saturated carbocycles. The fourth-order valence-electron chi connectivity index (χ4n) is 2.58. The molecule has 1 fully saturated rings. The van der Waals surface area contributed by atoms with Gasteiger partial charge in [0.1, 0.15) is 0 Å². The Bertz CT molecular complexity index is 535. The van der Waals surface area contributed by atoms with E-state index in [-0.39, 0.29) is 4.75 Å². The molecule has 1 aromatic carbocycles. The first-order chi connectivity index (χ1) is 9.51. The average molecular weight is 314 g/mol. The predicted molar refractivity (Wildman–Crippen MR) is 85.9 cm³/mol. The Hall–Kier alpha value is -0.720. The van der Waals surface area contributed by atoms with Gasteiger partial charge in [-0.3, -0.25) is 0 Å². The second-order valence-corrected chi connectivity index (χ2v) is 8.23. The van der Waals surface area contributed by atoms with Gasteiger partial charge in [-0.25, -0.2) is 13.1 Å². The van der Waals surface area contributed by atoms with Crippen molar-refractivity contribution in [1.82, 2.24) is 4.72 Å². The lowest BCUT2D eigenvalue weighted by atomic mass is 10.1. The predicted octanol–water partition coefficient (Wildman–Crippen LogP) is 2.68. The molecule has 0 bridgehead atoms. The minimum absolute atomic E-state index is 0.0813. The van der Waals surface area contributed by atoms with Gasteiger partial charge in [-0.1, -0.05) is 12.8 Å². The van der Waals surface area contributed by atoms with Crippen LogP contribution in [0.25, 0.3) is 0 Å². The third-order valence-electron chi connectivity index (χ3n) is 3.99. The van der Waals surface area contributed by atoms with Gasteiger partial charge in [-0.2, -0.15) is 11.8 Å². The van der Waals surface area contributed by atoms with Crippen LogP contribution in [0.2, 0.25) is 0 Å². The lowest BCUT2D eigenvalue weighted by molar-refractivity contribution is 0.551. The molecule has 0 amide bonds. The maximum absolute atomic E-state index is 12.3. The number of hydrogen-bond donors (Lipinski definition) is 2. The van der Waals surface area contributed by atoms with Crippen molar-refractivity contribution in [2.24, 2.45) is 0 Å². The summed E-state index contributed by atoms with van der Waals surface area (Å²) in [5.41, 5.74) is 0.903. The van der Waals surface area contributed by atoms with Crippen LogP contribution in [0.4, 0.5) is 5.69 Å². The highest BCUT2D eigenvalue weighted by Crippen LogP contribution is 2.39. The van der Waals surface area contributed by atoms with E-state index in [0.717, 1.165) is 18.5 Å². The standard InChI is InChI=1S/C14H22N2O2S2/c1-15-12-5-7-13(8-6-12)20(17,18)16-11-14(19-2)9-3-4-10-14/h5-8,15-16H,3-4,9-11H2,1-2H3. The molecule has 0 saturated heterocycles. The van der Waals surface area contributed by atoms with E-state index in [1.807, 2.05) is 7.05 Å². The molecule has 0 radical (unpaired) electrons. The molecule has 0 aliphatic heterocycles. The zero-order valence-electron chi connectivity index (χ0n) is 12.0. The highest BCUT2D eigenvalue weighted by atomic mass is 32.2. The van der Waals surface area contributed by atoms with Gasteiger partial charge in [-0.15, -0.1) is 0 Å². The summed E-state index contributed by atoms with van der Waals surface area (Å²) in [4.78, 5) is 0.325. The van der Waals surface area contributed by atoms with Crippen LogP contribution in [0.15, 0.2) is 29.2 Å². The number of hydrogen-bond acceptors (Lipinski definition) is 4. The highest BCUT2D eigenvalue weighted by Gasteiger charge is 2.34. The summed E-state index contributed by atoms with van der Waals surface area (Å²) in [7, 11) is -1.60. The van der Waals surface area contributed by atoms with Gasteiger partial charge in [0.05, 0.1) is 4.90 Å². The summed E-state index contributed by atoms with van der Waals surface area (Å²) < 4.78 is 27.5. The topological polar surface area (TPSA) is 58.2 Å². The molecule has 1 aliphatic rings. The lowest BCUT2D eigenvalue weighted by Gasteiger charge is -2.26. The molecule has 1 aliphatic carbocycles. The van der Waals surface area contributed by atoms with Crippen LogP contribution in [0.3, 0.4) is 0 Å². The zero-order valence-corrected chi connectivity index (χ0v) is 13.6. The third kappa shape index (κ3) is 3.48. The molecule has 0 aromatic heterocycles. The van der Waals surface area contributed by atoms with E-state index in [1.54, 1.807) is 36.0 Å². The van der Waals surface area contributed by atoms with Crippen LogP contribution < -0.4 is 10.0 Å². The second kappa shape index (κ2) is 6.37. The maximum atomic E-state index is 12.3. The SMILES string of the molecule is CNc1ccc(S(=O)(=O)NCC2(SC)CCCC2)cc1. The maximum Gasteiger partial charge on any atom is 0.240 e. The summed E-state index contributed by atoms with van der Waals surface area (Å²) in [6, 6.07) is 6.81. The van der Waals surface area contributed by atoms with E-state index in [2.05, 4.69) is 16.3 Å². The van der Waals surface area contributed by atoms with Crippen molar-refractivity contribution >= 4 is 27.5 Å². The van der Waals surface area contributed by atoms with Gasteiger partial charge in [0.15, 0.2) is 0 Å². The van der Waals surface area contributed by atoms with Crippen molar-refractivity contribution in [3.63, 3.8) is 0 Å². The first-order valence-corrected chi connectivity index (χ1v) is 9.55. The first kappa shape index (κ1) is 15.7. The van der Waals surface area contributed by atoms with Crippen LogP contribution in [0, 0.1) is 0 Å². The minimum Gasteiger partial charge on any atom is -0.388 e. The lowest BCUT2D eigenvalue weighted by Crippen LogP contribution is -2.38. The molecule has 112 valence electrons. The fraction of sp³-hybridized carbons (Fsp3) is 0.571. The zero-order chi connectivity index (χ0) is 14.6. The van der Waals surface area contributed by atoms with Gasteiger partial charge in [0, 0.05) is 24.0 Å². The summed E-state index contributed by atoms with van der Waals surface area (Å²) in [6.45, 7) is 0.518. The Balaban J connectivity index is 2.06. The Labute approximate surface area is 125 Å². The van der Waals surface area contributed by atoms with Crippen molar-refractivity contribution in [3.05, 3.63) is 24.3 Å². The number of benzene rings is 1. The number of anilines is 1. The molecule has 1 aromatic rings. The van der Waals surface area contributed by atoms with Crippen molar-refractivity contribution < 1.29 is 8.42 Å². The largest absolute Gasteiger partial charge is 0.388 e. The van der Waals surface area contributed by atoms with Crippen LogP contribution in [0.5, 0.6) is 0 Å². The molecule has 4 nitrogen and oxygen atoms in total. The number of sulfonamides is 1. The summed E-state index contributed by atoms with van der Waals surface area (Å²) in [5.74, 6) is 0. The molecule has 6 heteroatoms. The highest BCUT2D eigenvalue weighted by molar-refractivity contribution is 8.00. The smallest absolute Gasteiger partial charge is 0.240 e. The molecule has 0 spiro atoms. The van der Waals surface area contributed by atoms with Gasteiger partial charge >= 0.3 is 0 Å². The number of thioether (sulfide) groups is 1. The third-order valence-corrected chi connectivity index (χ3v) is 6.82. The Kier molecular flexibility index (Phi) is 4.99. The molecule has 2 N–H and O–H groups in total. The quantitative estimate of drug-likeness (QED) is 0.847. The van der Waals surface area contributed by atoms with Crippen molar-refractivity contribution in [1.29, 1.82) is 0 Å². The summed E-state index contributed by atoms with van der Waals surface area (Å²) in [6.07, 6.45) is 6.64. The monoisotopic (exact) mass is 314 g/mol. The normalized spacial score (nSPS) is 18.1. The van der Waals surface area contributed by atoms with Gasteiger partial charge in [0.2, 0.25) is 10.0 Å². The Morgan fingerprint density at radius 2 is 1.80 bits per heavy atom. The summed E-state index contributed by atoms with van der Waals surface area (Å²) in [5, 5.41) is 2.98. The average Bonchev–Trinajstić information content (AvgIpc) is 2.95. The number of rotatable bonds is 6. The van der Waals surface area contributed by atoms with E-state index in [4.69, 9.17) is 0 Å². The fourth-order valence-corrected chi connectivity index (χ4v) is 4.72. The van der Waals surface area contributed by atoms with Crippen LogP contribution in [-0.4, -0.2) is 33.0 Å². The van der Waals surface area contributed by atoms with E-state index in [9.17, 15) is 8.42 Å². The van der Waals surface area contributed by atoms with Gasteiger partial charge in [-0.05, 0) is 43.4 Å². The van der Waals surface area contributed by atoms with Crippen LogP contribution in [0.1, 0.15) is 25.7 Å². The van der Waals surface area contributed by atoms with E-state index >= 15 is 0 Å². The van der Waals surface area contributed by atoms with Crippen LogP contribution >= 0.6 is 11.8 Å². The van der Waals surface area contributed by atoms with Crippen molar-refractivity contribution in [2.75, 3.05) is 25.2 Å².